The third kappa shape index (κ3) is 24.0. The first-order valence-electron chi connectivity index (χ1n) is 13.8. The molecule has 7 heteroatoms. The molecule has 2 unspecified atom stereocenters. The molecule has 0 aliphatic heterocycles. The highest BCUT2D eigenvalue weighted by Crippen LogP contribution is 2.10. The Morgan fingerprint density at radius 2 is 1.31 bits per heavy atom. The molecular formula is C29H51NO5S. The van der Waals surface area contributed by atoms with Crippen LogP contribution in [0.25, 0.3) is 0 Å². The molecule has 0 spiro atoms. The summed E-state index contributed by atoms with van der Waals surface area (Å²) in [6, 6.07) is -1.08. The molecule has 6 nitrogen and oxygen atoms in total. The zero-order valence-corrected chi connectivity index (χ0v) is 23.4. The van der Waals surface area contributed by atoms with Crippen molar-refractivity contribution in [3.05, 3.63) is 48.6 Å². The predicted molar refractivity (Wildman–Crippen MR) is 152 cm³/mol. The summed E-state index contributed by atoms with van der Waals surface area (Å²) in [4.78, 5) is 12.3. The van der Waals surface area contributed by atoms with Gasteiger partial charge in [0.1, 0.15) is 0 Å². The van der Waals surface area contributed by atoms with E-state index in [1.165, 1.54) is 31.8 Å². The maximum absolute atomic E-state index is 12.3. The van der Waals surface area contributed by atoms with Gasteiger partial charge in [-0.25, -0.2) is 0 Å². The van der Waals surface area contributed by atoms with Gasteiger partial charge < -0.3 is 10.4 Å². The van der Waals surface area contributed by atoms with Gasteiger partial charge in [-0.1, -0.05) is 87.6 Å². The lowest BCUT2D eigenvalue weighted by Gasteiger charge is -2.21. The molecule has 0 aromatic carbocycles. The van der Waals surface area contributed by atoms with Crippen LogP contribution in [0.4, 0.5) is 0 Å². The van der Waals surface area contributed by atoms with Gasteiger partial charge in [0, 0.05) is 6.42 Å². The van der Waals surface area contributed by atoms with Gasteiger partial charge in [0.2, 0.25) is 5.91 Å². The van der Waals surface area contributed by atoms with E-state index in [2.05, 4.69) is 42.6 Å². The van der Waals surface area contributed by atoms with Gasteiger partial charge in [0.05, 0.1) is 17.9 Å². The average Bonchev–Trinajstić information content (AvgIpc) is 2.82. The van der Waals surface area contributed by atoms with Crippen molar-refractivity contribution in [2.24, 2.45) is 0 Å². The summed E-state index contributed by atoms with van der Waals surface area (Å²) >= 11 is 0. The fraction of sp³-hybridized carbons (Fsp3) is 0.690. The molecule has 208 valence electrons. The number of amides is 1. The zero-order chi connectivity index (χ0) is 26.9. The average molecular weight is 526 g/mol. The molecule has 0 bridgehead atoms. The Labute approximate surface area is 220 Å². The van der Waals surface area contributed by atoms with E-state index in [1.807, 2.05) is 13.0 Å². The van der Waals surface area contributed by atoms with Gasteiger partial charge in [0.25, 0.3) is 10.1 Å². The summed E-state index contributed by atoms with van der Waals surface area (Å²) < 4.78 is 32.0. The van der Waals surface area contributed by atoms with Crippen LogP contribution in [-0.4, -0.2) is 41.9 Å². The number of allylic oxidation sites excluding steroid dienone is 7. The van der Waals surface area contributed by atoms with E-state index in [0.717, 1.165) is 51.4 Å². The molecule has 0 saturated heterocycles. The van der Waals surface area contributed by atoms with Gasteiger partial charge in [-0.2, -0.15) is 8.42 Å². The minimum absolute atomic E-state index is 0.272. The highest BCUT2D eigenvalue weighted by Gasteiger charge is 2.24. The molecule has 0 saturated carbocycles. The monoisotopic (exact) mass is 525 g/mol. The molecule has 0 heterocycles. The Balaban J connectivity index is 4.22. The van der Waals surface area contributed by atoms with Crippen molar-refractivity contribution in [2.45, 2.75) is 122 Å². The lowest BCUT2D eigenvalue weighted by molar-refractivity contribution is -0.122. The van der Waals surface area contributed by atoms with E-state index in [1.54, 1.807) is 6.08 Å². The van der Waals surface area contributed by atoms with E-state index >= 15 is 0 Å². The number of hydrogen-bond acceptors (Lipinski definition) is 4. The molecule has 1 amide bonds. The molecule has 0 fully saturated rings. The number of hydrogen-bond donors (Lipinski definition) is 3. The first kappa shape index (κ1) is 34.3. The quantitative estimate of drug-likeness (QED) is 0.0770. The first-order valence-corrected chi connectivity index (χ1v) is 15.4. The summed E-state index contributed by atoms with van der Waals surface area (Å²) in [5.74, 6) is -1.03. The molecule has 3 N–H and O–H groups in total. The number of nitrogens with one attached hydrogen (secondary N) is 1. The van der Waals surface area contributed by atoms with Crippen molar-refractivity contribution in [2.75, 3.05) is 5.75 Å². The minimum atomic E-state index is -4.34. The third-order valence-corrected chi connectivity index (χ3v) is 6.58. The van der Waals surface area contributed by atoms with E-state index in [9.17, 15) is 22.9 Å². The Bertz CT molecular complexity index is 756. The second-order valence-electron chi connectivity index (χ2n) is 9.31. The van der Waals surface area contributed by atoms with Crippen LogP contribution >= 0.6 is 0 Å². The molecular weight excluding hydrogens is 474 g/mol. The van der Waals surface area contributed by atoms with Gasteiger partial charge in [-0.05, 0) is 64.7 Å². The van der Waals surface area contributed by atoms with Crippen molar-refractivity contribution in [1.29, 1.82) is 0 Å². The number of rotatable bonds is 23. The molecule has 0 aliphatic rings. The smallest absolute Gasteiger partial charge is 0.267 e. The number of aliphatic hydroxyl groups excluding tert-OH is 1. The molecule has 0 radical (unpaired) electrons. The van der Waals surface area contributed by atoms with Crippen LogP contribution in [0.3, 0.4) is 0 Å². The van der Waals surface area contributed by atoms with Crippen LogP contribution < -0.4 is 5.32 Å². The van der Waals surface area contributed by atoms with Crippen LogP contribution in [0.2, 0.25) is 0 Å². The normalized spacial score (nSPS) is 14.4. The summed E-state index contributed by atoms with van der Waals surface area (Å²) in [6.07, 6.45) is 29.7. The molecule has 36 heavy (non-hydrogen) atoms. The second-order valence-corrected chi connectivity index (χ2v) is 10.8. The largest absolute Gasteiger partial charge is 0.387 e. The maximum atomic E-state index is 12.3. The minimum Gasteiger partial charge on any atom is -0.387 e. The number of carbonyl (C=O) groups excluding carboxylic acids is 1. The fourth-order valence-corrected chi connectivity index (χ4v) is 4.45. The number of aliphatic hydroxyl groups is 1. The summed E-state index contributed by atoms with van der Waals surface area (Å²) in [5, 5.41) is 13.0. The van der Waals surface area contributed by atoms with Crippen molar-refractivity contribution in [1.82, 2.24) is 5.32 Å². The Morgan fingerprint density at radius 3 is 1.92 bits per heavy atom. The Hall–Kier alpha value is -1.70. The van der Waals surface area contributed by atoms with E-state index in [4.69, 9.17) is 0 Å². The van der Waals surface area contributed by atoms with Crippen molar-refractivity contribution >= 4 is 16.0 Å². The molecule has 0 aliphatic carbocycles. The lowest BCUT2D eigenvalue weighted by Crippen LogP contribution is -2.46. The highest BCUT2D eigenvalue weighted by molar-refractivity contribution is 7.85. The lowest BCUT2D eigenvalue weighted by atomic mass is 10.1. The van der Waals surface area contributed by atoms with Crippen LogP contribution in [0.15, 0.2) is 48.6 Å². The standard InChI is InChI=1S/C29H51NO5S/c1-3-5-7-9-11-13-14-15-17-19-21-23-25-29(32)30-27(26-36(33,34)35)28(31)24-22-20-18-16-12-10-8-6-4-2/h4,6,11-13,16,22,24,27-28,31H,3,5,7-10,14-15,17-21,23,25-26H2,1-2H3,(H,30,32)(H,33,34,35)/b6-4+,13-11-,16-12+,24-22+. The summed E-state index contributed by atoms with van der Waals surface area (Å²) in [6.45, 7) is 4.21. The molecule has 0 rings (SSSR count). The predicted octanol–water partition coefficient (Wildman–Crippen LogP) is 6.84. The van der Waals surface area contributed by atoms with Crippen molar-refractivity contribution < 1.29 is 22.9 Å². The fourth-order valence-electron chi connectivity index (χ4n) is 3.71. The van der Waals surface area contributed by atoms with E-state index in [0.29, 0.717) is 12.8 Å². The zero-order valence-electron chi connectivity index (χ0n) is 22.6. The third-order valence-electron chi connectivity index (χ3n) is 5.80. The van der Waals surface area contributed by atoms with Crippen molar-refractivity contribution in [3.63, 3.8) is 0 Å². The van der Waals surface area contributed by atoms with Crippen LogP contribution in [0.1, 0.15) is 110 Å². The van der Waals surface area contributed by atoms with Crippen LogP contribution in [-0.2, 0) is 14.9 Å². The number of unbranched alkanes of at least 4 members (excludes halogenated alkanes) is 10. The summed E-state index contributed by atoms with van der Waals surface area (Å²) in [5.41, 5.74) is 0. The molecule has 0 aromatic heterocycles. The maximum Gasteiger partial charge on any atom is 0.267 e. The Morgan fingerprint density at radius 1 is 0.778 bits per heavy atom. The molecule has 0 aromatic rings. The van der Waals surface area contributed by atoms with E-state index < -0.39 is 28.0 Å². The second kappa shape index (κ2) is 23.7. The highest BCUT2D eigenvalue weighted by atomic mass is 32.2. The number of carbonyl (C=O) groups is 1. The van der Waals surface area contributed by atoms with Gasteiger partial charge in [0.15, 0.2) is 0 Å². The van der Waals surface area contributed by atoms with Gasteiger partial charge >= 0.3 is 0 Å². The van der Waals surface area contributed by atoms with Gasteiger partial charge in [-0.15, -0.1) is 0 Å². The topological polar surface area (TPSA) is 104 Å². The SMILES string of the molecule is C/C=C/CC/C=C/CC/C=C/C(O)C(CS(=O)(=O)O)NC(=O)CCCCCCC/C=C\CCCCC. The first-order chi connectivity index (χ1) is 17.3. The van der Waals surface area contributed by atoms with Crippen molar-refractivity contribution in [3.8, 4) is 0 Å². The van der Waals surface area contributed by atoms with Crippen LogP contribution in [0, 0.1) is 0 Å². The van der Waals surface area contributed by atoms with Gasteiger partial charge in [-0.3, -0.25) is 9.35 Å². The van der Waals surface area contributed by atoms with Crippen LogP contribution in [0.5, 0.6) is 0 Å². The van der Waals surface area contributed by atoms with E-state index in [-0.39, 0.29) is 12.3 Å². The Kier molecular flexibility index (Phi) is 22.6. The summed E-state index contributed by atoms with van der Waals surface area (Å²) in [7, 11) is -4.34. The molecule has 2 atom stereocenters.